The summed E-state index contributed by atoms with van der Waals surface area (Å²) in [4.78, 5) is 22.1. The van der Waals surface area contributed by atoms with Gasteiger partial charge in [0.1, 0.15) is 17.9 Å². The van der Waals surface area contributed by atoms with E-state index in [1.165, 1.54) is 10.9 Å². The molecule has 0 radical (unpaired) electrons. The van der Waals surface area contributed by atoms with E-state index in [9.17, 15) is 10.1 Å². The lowest BCUT2D eigenvalue weighted by Crippen LogP contribution is -2.20. The number of aromatic nitrogens is 4. The molecule has 2 bridgehead atoms. The van der Waals surface area contributed by atoms with E-state index >= 15 is 0 Å². The van der Waals surface area contributed by atoms with Crippen molar-refractivity contribution in [3.05, 3.63) is 52.5 Å². The van der Waals surface area contributed by atoms with Crippen molar-refractivity contribution in [3.63, 3.8) is 0 Å². The van der Waals surface area contributed by atoms with Crippen molar-refractivity contribution in [2.24, 2.45) is 13.0 Å². The normalized spacial score (nSPS) is 18.3. The molecule has 0 amide bonds. The summed E-state index contributed by atoms with van der Waals surface area (Å²) >= 11 is 0. The van der Waals surface area contributed by atoms with Crippen molar-refractivity contribution in [2.75, 3.05) is 5.73 Å². The molecule has 30 heavy (non-hydrogen) atoms. The van der Waals surface area contributed by atoms with E-state index in [2.05, 4.69) is 21.1 Å². The Labute approximate surface area is 174 Å². The minimum Gasteiger partial charge on any atom is -0.467 e. The number of nitrogens with two attached hydrogens (primary N) is 1. The van der Waals surface area contributed by atoms with Crippen molar-refractivity contribution in [1.82, 2.24) is 19.7 Å². The van der Waals surface area contributed by atoms with Crippen LogP contribution in [0, 0.1) is 24.2 Å². The van der Waals surface area contributed by atoms with Crippen LogP contribution in [0.2, 0.25) is 0 Å². The van der Waals surface area contributed by atoms with Gasteiger partial charge in [-0.3, -0.25) is 9.48 Å². The first-order valence-electron chi connectivity index (χ1n) is 9.70. The maximum absolute atomic E-state index is 13.3. The quantitative estimate of drug-likeness (QED) is 0.613. The van der Waals surface area contributed by atoms with E-state index in [0.717, 1.165) is 11.1 Å². The Hall–Kier alpha value is -3.73. The molecule has 0 spiro atoms. The lowest BCUT2D eigenvalue weighted by molar-refractivity contribution is 0.0923. The third kappa shape index (κ3) is 3.18. The number of ether oxygens (including phenoxy) is 1. The second-order valence-electron chi connectivity index (χ2n) is 7.67. The van der Waals surface area contributed by atoms with Crippen LogP contribution < -0.4 is 10.5 Å². The lowest BCUT2D eigenvalue weighted by atomic mass is 9.88. The molecule has 3 heterocycles. The van der Waals surface area contributed by atoms with Crippen LogP contribution in [-0.4, -0.2) is 25.5 Å². The first-order valence-corrected chi connectivity index (χ1v) is 9.70. The molecule has 152 valence electrons. The van der Waals surface area contributed by atoms with Gasteiger partial charge in [0, 0.05) is 30.5 Å². The second-order valence-corrected chi connectivity index (χ2v) is 7.67. The third-order valence-corrected chi connectivity index (χ3v) is 5.39. The number of nitriles is 1. The van der Waals surface area contributed by atoms with E-state index in [1.54, 1.807) is 7.05 Å². The molecular weight excluding hydrogens is 380 g/mol. The van der Waals surface area contributed by atoms with Gasteiger partial charge in [0.05, 0.1) is 23.1 Å². The van der Waals surface area contributed by atoms with Crippen molar-refractivity contribution in [1.29, 1.82) is 5.26 Å². The fourth-order valence-electron chi connectivity index (χ4n) is 3.83. The number of rotatable bonds is 0. The molecule has 4 rings (SSSR count). The monoisotopic (exact) mass is 402 g/mol. The van der Waals surface area contributed by atoms with E-state index in [4.69, 9.17) is 10.5 Å². The predicted octanol–water partition coefficient (Wildman–Crippen LogP) is 3.15. The number of nitrogen functional groups attached to an aromatic ring is 1. The van der Waals surface area contributed by atoms with Crippen LogP contribution in [0.3, 0.4) is 0 Å². The Morgan fingerprint density at radius 1 is 1.33 bits per heavy atom. The first kappa shape index (κ1) is 19.6. The molecule has 1 aliphatic heterocycles. The molecule has 2 atom stereocenters. The summed E-state index contributed by atoms with van der Waals surface area (Å²) in [5.41, 5.74) is 10.4. The number of carbonyl (C=O) groups excluding carboxylic acids is 1. The number of Topliss-reactive ketones (excluding diaryl/α,β-unsaturated/α-hetero) is 1. The molecule has 0 fully saturated rings. The van der Waals surface area contributed by atoms with Gasteiger partial charge in [-0.1, -0.05) is 30.7 Å². The van der Waals surface area contributed by atoms with Crippen LogP contribution in [0.15, 0.2) is 24.4 Å². The Morgan fingerprint density at radius 3 is 2.83 bits per heavy atom. The molecule has 0 aliphatic carbocycles. The molecule has 2 N–H and O–H groups in total. The number of carbonyl (C=O) groups is 1. The number of aryl methyl sites for hydroxylation is 2. The molecule has 1 aromatic carbocycles. The zero-order valence-corrected chi connectivity index (χ0v) is 17.3. The number of anilines is 1. The second kappa shape index (κ2) is 7.26. The van der Waals surface area contributed by atoms with E-state index in [0.29, 0.717) is 34.6 Å². The van der Waals surface area contributed by atoms with Crippen LogP contribution >= 0.6 is 0 Å². The minimum atomic E-state index is -0.467. The summed E-state index contributed by atoms with van der Waals surface area (Å²) in [5, 5.41) is 14.2. The highest BCUT2D eigenvalue weighted by Gasteiger charge is 2.28. The molecular formula is C22H22N6O2. The summed E-state index contributed by atoms with van der Waals surface area (Å²) < 4.78 is 7.56. The summed E-state index contributed by atoms with van der Waals surface area (Å²) in [5.74, 6) is -0.0499. The molecule has 8 heteroatoms. The fraction of sp³-hybridized carbons (Fsp3) is 0.318. The Morgan fingerprint density at radius 2 is 2.10 bits per heavy atom. The van der Waals surface area contributed by atoms with Gasteiger partial charge in [0.2, 0.25) is 0 Å². The van der Waals surface area contributed by atoms with Crippen molar-refractivity contribution in [2.45, 2.75) is 33.3 Å². The SMILES string of the molecule is Cc1ccc2c(c1)[C@@H](C)Oc1nc(cnc1N)-c1c(nn(C)c1C#N)CC(C)C2=O. The highest BCUT2D eigenvalue weighted by atomic mass is 16.5. The van der Waals surface area contributed by atoms with Gasteiger partial charge in [-0.2, -0.15) is 10.4 Å². The molecule has 1 unspecified atom stereocenters. The summed E-state index contributed by atoms with van der Waals surface area (Å²) in [6.07, 6.45) is 1.41. The zero-order valence-electron chi connectivity index (χ0n) is 17.3. The van der Waals surface area contributed by atoms with Crippen LogP contribution in [0.4, 0.5) is 5.82 Å². The third-order valence-electron chi connectivity index (χ3n) is 5.39. The highest BCUT2D eigenvalue weighted by Crippen LogP contribution is 2.34. The van der Waals surface area contributed by atoms with Crippen molar-refractivity contribution < 1.29 is 9.53 Å². The number of hydrogen-bond donors (Lipinski definition) is 1. The Kier molecular flexibility index (Phi) is 4.74. The minimum absolute atomic E-state index is 0.00106. The number of benzene rings is 1. The average molecular weight is 402 g/mol. The maximum Gasteiger partial charge on any atom is 0.258 e. The van der Waals surface area contributed by atoms with E-state index in [1.807, 2.05) is 39.0 Å². The summed E-state index contributed by atoms with van der Waals surface area (Å²) in [6, 6.07) is 7.87. The average Bonchev–Trinajstić information content (AvgIpc) is 3.03. The molecule has 0 saturated heterocycles. The smallest absolute Gasteiger partial charge is 0.258 e. The van der Waals surface area contributed by atoms with Gasteiger partial charge < -0.3 is 10.5 Å². The van der Waals surface area contributed by atoms with Gasteiger partial charge in [-0.05, 0) is 13.8 Å². The first-order chi connectivity index (χ1) is 14.3. The highest BCUT2D eigenvalue weighted by molar-refractivity contribution is 5.99. The largest absolute Gasteiger partial charge is 0.467 e. The van der Waals surface area contributed by atoms with Gasteiger partial charge in [0.15, 0.2) is 11.6 Å². The van der Waals surface area contributed by atoms with Crippen LogP contribution in [-0.2, 0) is 13.5 Å². The number of hydrogen-bond acceptors (Lipinski definition) is 7. The molecule has 1 aliphatic rings. The van der Waals surface area contributed by atoms with Gasteiger partial charge in [0.25, 0.3) is 5.88 Å². The standard InChI is InChI=1S/C22H22N6O2/c1-11-5-6-14-15(7-11)13(3)30-22-21(24)25-10-17(26-22)19-16(8-12(2)20(14)29)27-28(4)18(19)9-23/h5-7,10,12-13H,8H2,1-4H3,(H2,24,25)/t12?,13-/m1/s1. The fourth-order valence-corrected chi connectivity index (χ4v) is 3.83. The molecule has 0 saturated carbocycles. The Bertz CT molecular complexity index is 1210. The molecule has 8 nitrogen and oxygen atoms in total. The number of ketones is 1. The van der Waals surface area contributed by atoms with E-state index < -0.39 is 6.10 Å². The molecule has 3 aromatic rings. The Balaban J connectivity index is 1.98. The molecule has 2 aromatic heterocycles. The zero-order chi connectivity index (χ0) is 21.6. The van der Waals surface area contributed by atoms with Crippen LogP contribution in [0.5, 0.6) is 5.88 Å². The lowest BCUT2D eigenvalue weighted by Gasteiger charge is -2.21. The van der Waals surface area contributed by atoms with Crippen molar-refractivity contribution >= 4 is 11.6 Å². The number of fused-ring (bicyclic) bond motifs is 5. The van der Waals surface area contributed by atoms with Crippen molar-refractivity contribution in [3.8, 4) is 23.2 Å². The number of nitrogens with zero attached hydrogens (tertiary/aromatic N) is 5. The topological polar surface area (TPSA) is 120 Å². The summed E-state index contributed by atoms with van der Waals surface area (Å²) in [6.45, 7) is 5.69. The van der Waals surface area contributed by atoms with Crippen LogP contribution in [0.1, 0.15) is 52.8 Å². The van der Waals surface area contributed by atoms with Gasteiger partial charge >= 0.3 is 0 Å². The van der Waals surface area contributed by atoms with Gasteiger partial charge in [-0.15, -0.1) is 0 Å². The summed E-state index contributed by atoms with van der Waals surface area (Å²) in [7, 11) is 1.69. The maximum atomic E-state index is 13.3. The van der Waals surface area contributed by atoms with Gasteiger partial charge in [-0.25, -0.2) is 9.97 Å². The predicted molar refractivity (Wildman–Crippen MR) is 111 cm³/mol. The van der Waals surface area contributed by atoms with E-state index in [-0.39, 0.29) is 23.4 Å². The van der Waals surface area contributed by atoms with Crippen LogP contribution in [0.25, 0.3) is 11.3 Å².